The van der Waals surface area contributed by atoms with E-state index in [1.165, 1.54) is 19.3 Å². The number of hydrogen-bond acceptors (Lipinski definition) is 4. The molecule has 1 aromatic heterocycles. The molecule has 2 heterocycles. The maximum absolute atomic E-state index is 4.50. The summed E-state index contributed by atoms with van der Waals surface area (Å²) >= 11 is 0. The number of piperidine rings is 1. The van der Waals surface area contributed by atoms with E-state index in [1.807, 2.05) is 7.05 Å². The monoisotopic (exact) mass is 262 g/mol. The van der Waals surface area contributed by atoms with Crippen LogP contribution in [0.1, 0.15) is 45.2 Å². The van der Waals surface area contributed by atoms with Gasteiger partial charge in [0, 0.05) is 30.4 Å². The minimum absolute atomic E-state index is 0.491. The molecular weight excluding hydrogens is 236 g/mol. The van der Waals surface area contributed by atoms with Crippen LogP contribution < -0.4 is 10.2 Å². The lowest BCUT2D eigenvalue weighted by atomic mass is 9.96. The molecule has 0 spiro atoms. The normalized spacial score (nSPS) is 21.4. The molecule has 1 aliphatic heterocycles. The van der Waals surface area contributed by atoms with Gasteiger partial charge in [0.2, 0.25) is 0 Å². The Morgan fingerprint density at radius 1 is 1.42 bits per heavy atom. The number of anilines is 1. The van der Waals surface area contributed by atoms with E-state index in [2.05, 4.69) is 40.1 Å². The van der Waals surface area contributed by atoms with E-state index in [0.29, 0.717) is 12.1 Å². The molecule has 106 valence electrons. The van der Waals surface area contributed by atoms with Crippen LogP contribution in [0.3, 0.4) is 0 Å². The molecule has 1 N–H and O–H groups in total. The van der Waals surface area contributed by atoms with Crippen molar-refractivity contribution in [1.29, 1.82) is 0 Å². The average Bonchev–Trinajstić information content (AvgIpc) is 2.47. The molecule has 2 rings (SSSR count). The highest BCUT2D eigenvalue weighted by Gasteiger charge is 2.27. The quantitative estimate of drug-likeness (QED) is 0.884. The summed E-state index contributed by atoms with van der Waals surface area (Å²) in [5, 5.41) is 3.39. The van der Waals surface area contributed by atoms with Gasteiger partial charge < -0.3 is 10.2 Å². The second kappa shape index (κ2) is 6.85. The van der Waals surface area contributed by atoms with Crippen LogP contribution in [0.4, 0.5) is 5.82 Å². The molecule has 2 unspecified atom stereocenters. The Morgan fingerprint density at radius 2 is 2.26 bits per heavy atom. The molecule has 0 amide bonds. The van der Waals surface area contributed by atoms with Crippen LogP contribution in [0, 0.1) is 0 Å². The lowest BCUT2D eigenvalue weighted by Crippen LogP contribution is -2.50. The Bertz CT molecular complexity index is 393. The summed E-state index contributed by atoms with van der Waals surface area (Å²) in [6, 6.07) is 3.21. The second-order valence-electron chi connectivity index (χ2n) is 5.45. The molecule has 19 heavy (non-hydrogen) atoms. The molecule has 0 bridgehead atoms. The predicted octanol–water partition coefficient (Wildman–Crippen LogP) is 2.40. The van der Waals surface area contributed by atoms with Gasteiger partial charge in [-0.05, 0) is 39.7 Å². The highest BCUT2D eigenvalue weighted by atomic mass is 15.2. The zero-order valence-electron chi connectivity index (χ0n) is 12.4. The predicted molar refractivity (Wildman–Crippen MR) is 79.5 cm³/mol. The number of rotatable bonds is 5. The first-order valence-electron chi connectivity index (χ1n) is 7.51. The van der Waals surface area contributed by atoms with Gasteiger partial charge in [0.1, 0.15) is 12.1 Å². The molecule has 2 atom stereocenters. The second-order valence-corrected chi connectivity index (χ2v) is 5.45. The van der Waals surface area contributed by atoms with Gasteiger partial charge in [0.25, 0.3) is 0 Å². The number of aromatic nitrogens is 2. The number of likely N-dealkylation sites (N-methyl/N-ethyl adjacent to an activating group) is 1. The van der Waals surface area contributed by atoms with Gasteiger partial charge in [0.05, 0.1) is 0 Å². The largest absolute Gasteiger partial charge is 0.352 e. The Kier molecular flexibility index (Phi) is 5.14. The summed E-state index contributed by atoms with van der Waals surface area (Å²) < 4.78 is 0. The molecule has 0 aliphatic carbocycles. The van der Waals surface area contributed by atoms with Crippen molar-refractivity contribution in [3.63, 3.8) is 0 Å². The number of aryl methyl sites for hydroxylation is 1. The standard InChI is InChI=1S/C15H26N4/c1-4-7-13-10-15(18-11-17-13)19-9-6-5-8-14(19)12(2)16-3/h10-12,14,16H,4-9H2,1-3H3. The first kappa shape index (κ1) is 14.3. The molecular formula is C15H26N4. The molecule has 4 nitrogen and oxygen atoms in total. The first-order valence-corrected chi connectivity index (χ1v) is 7.51. The fourth-order valence-electron chi connectivity index (χ4n) is 2.89. The summed E-state index contributed by atoms with van der Waals surface area (Å²) in [7, 11) is 2.04. The van der Waals surface area contributed by atoms with Gasteiger partial charge in [-0.15, -0.1) is 0 Å². The molecule has 0 radical (unpaired) electrons. The van der Waals surface area contributed by atoms with E-state index in [9.17, 15) is 0 Å². The van der Waals surface area contributed by atoms with Crippen molar-refractivity contribution < 1.29 is 0 Å². The summed E-state index contributed by atoms with van der Waals surface area (Å²) in [4.78, 5) is 11.3. The Labute approximate surface area is 116 Å². The fraction of sp³-hybridized carbons (Fsp3) is 0.733. The van der Waals surface area contributed by atoms with Gasteiger partial charge in [-0.25, -0.2) is 9.97 Å². The van der Waals surface area contributed by atoms with Crippen molar-refractivity contribution in [2.24, 2.45) is 0 Å². The lowest BCUT2D eigenvalue weighted by Gasteiger charge is -2.40. The summed E-state index contributed by atoms with van der Waals surface area (Å²) in [6.07, 6.45) is 7.72. The Morgan fingerprint density at radius 3 is 3.00 bits per heavy atom. The van der Waals surface area contributed by atoms with Crippen molar-refractivity contribution >= 4 is 5.82 Å². The van der Waals surface area contributed by atoms with Gasteiger partial charge in [0.15, 0.2) is 0 Å². The third-order valence-electron chi connectivity index (χ3n) is 4.09. The van der Waals surface area contributed by atoms with Crippen molar-refractivity contribution in [2.45, 2.75) is 58.0 Å². The van der Waals surface area contributed by atoms with E-state index in [0.717, 1.165) is 30.9 Å². The van der Waals surface area contributed by atoms with Crippen molar-refractivity contribution in [2.75, 3.05) is 18.5 Å². The summed E-state index contributed by atoms with van der Waals surface area (Å²) in [6.45, 7) is 5.56. The van der Waals surface area contributed by atoms with Crippen LogP contribution in [0.2, 0.25) is 0 Å². The smallest absolute Gasteiger partial charge is 0.132 e. The molecule has 1 aromatic rings. The minimum atomic E-state index is 0.491. The van der Waals surface area contributed by atoms with Crippen LogP contribution in [-0.2, 0) is 6.42 Å². The van der Waals surface area contributed by atoms with E-state index in [4.69, 9.17) is 0 Å². The maximum Gasteiger partial charge on any atom is 0.132 e. The van der Waals surface area contributed by atoms with E-state index < -0.39 is 0 Å². The average molecular weight is 262 g/mol. The van der Waals surface area contributed by atoms with Crippen molar-refractivity contribution in [3.05, 3.63) is 18.1 Å². The highest BCUT2D eigenvalue weighted by molar-refractivity contribution is 5.41. The SMILES string of the molecule is CCCc1cc(N2CCCCC2C(C)NC)ncn1. The van der Waals surface area contributed by atoms with Crippen LogP contribution in [0.5, 0.6) is 0 Å². The molecule has 1 fully saturated rings. The number of hydrogen-bond donors (Lipinski definition) is 1. The molecule has 1 saturated heterocycles. The number of nitrogens with zero attached hydrogens (tertiary/aromatic N) is 3. The van der Waals surface area contributed by atoms with Gasteiger partial charge in [-0.1, -0.05) is 13.3 Å². The highest BCUT2D eigenvalue weighted by Crippen LogP contribution is 2.25. The van der Waals surface area contributed by atoms with Gasteiger partial charge >= 0.3 is 0 Å². The number of nitrogens with one attached hydrogen (secondary N) is 1. The van der Waals surface area contributed by atoms with E-state index in [1.54, 1.807) is 6.33 Å². The molecule has 4 heteroatoms. The zero-order chi connectivity index (χ0) is 13.7. The topological polar surface area (TPSA) is 41.0 Å². The third-order valence-corrected chi connectivity index (χ3v) is 4.09. The van der Waals surface area contributed by atoms with E-state index >= 15 is 0 Å². The summed E-state index contributed by atoms with van der Waals surface area (Å²) in [5.41, 5.74) is 1.16. The van der Waals surface area contributed by atoms with Crippen LogP contribution in [0.15, 0.2) is 12.4 Å². The van der Waals surface area contributed by atoms with E-state index in [-0.39, 0.29) is 0 Å². The third kappa shape index (κ3) is 3.44. The van der Waals surface area contributed by atoms with Gasteiger partial charge in [-0.2, -0.15) is 0 Å². The zero-order valence-corrected chi connectivity index (χ0v) is 12.4. The van der Waals surface area contributed by atoms with Crippen molar-refractivity contribution in [3.8, 4) is 0 Å². The molecule has 0 aromatic carbocycles. The Balaban J connectivity index is 2.19. The van der Waals surface area contributed by atoms with Crippen molar-refractivity contribution in [1.82, 2.24) is 15.3 Å². The summed E-state index contributed by atoms with van der Waals surface area (Å²) in [5.74, 6) is 1.10. The van der Waals surface area contributed by atoms with Gasteiger partial charge in [-0.3, -0.25) is 0 Å². The maximum atomic E-state index is 4.50. The fourth-order valence-corrected chi connectivity index (χ4v) is 2.89. The Hall–Kier alpha value is -1.16. The van der Waals surface area contributed by atoms with Crippen LogP contribution >= 0.6 is 0 Å². The first-order chi connectivity index (χ1) is 9.26. The van der Waals surface area contributed by atoms with Crippen LogP contribution in [0.25, 0.3) is 0 Å². The van der Waals surface area contributed by atoms with Crippen LogP contribution in [-0.4, -0.2) is 35.6 Å². The minimum Gasteiger partial charge on any atom is -0.352 e. The molecule has 1 aliphatic rings. The lowest BCUT2D eigenvalue weighted by molar-refractivity contribution is 0.380. The molecule has 0 saturated carbocycles.